The van der Waals surface area contributed by atoms with Crippen molar-refractivity contribution < 1.29 is 14.3 Å². The van der Waals surface area contributed by atoms with Gasteiger partial charge in [0.2, 0.25) is 0 Å². The van der Waals surface area contributed by atoms with Crippen molar-refractivity contribution >= 4 is 33.4 Å². The number of pyridine rings is 1. The summed E-state index contributed by atoms with van der Waals surface area (Å²) in [5.74, 6) is -0.648. The number of carbonyl (C=O) groups is 2. The maximum absolute atomic E-state index is 12.9. The first-order valence-corrected chi connectivity index (χ1v) is 11.1. The van der Waals surface area contributed by atoms with Gasteiger partial charge in [0, 0.05) is 40.8 Å². The van der Waals surface area contributed by atoms with Crippen LogP contribution in [-0.4, -0.2) is 35.6 Å². The first-order valence-electron chi connectivity index (χ1n) is 10.3. The molecule has 0 spiro atoms. The number of halogens is 1. The molecule has 1 aliphatic heterocycles. The van der Waals surface area contributed by atoms with E-state index in [1.165, 1.54) is 10.6 Å². The molecule has 1 aliphatic rings. The third-order valence-electron chi connectivity index (χ3n) is 5.22. The van der Waals surface area contributed by atoms with Crippen molar-refractivity contribution in [3.8, 4) is 5.69 Å². The smallest absolute Gasteiger partial charge is 0.267 e. The molecule has 2 aromatic carbocycles. The molecule has 3 aromatic rings. The van der Waals surface area contributed by atoms with E-state index in [4.69, 9.17) is 4.74 Å². The molecule has 4 rings (SSSR count). The second-order valence-electron chi connectivity index (χ2n) is 7.45. The van der Waals surface area contributed by atoms with Gasteiger partial charge in [0.05, 0.1) is 6.10 Å². The molecule has 1 aromatic heterocycles. The van der Waals surface area contributed by atoms with Gasteiger partial charge in [-0.25, -0.2) is 0 Å². The number of hydrogen-bond acceptors (Lipinski definition) is 4. The van der Waals surface area contributed by atoms with Gasteiger partial charge in [-0.2, -0.15) is 0 Å². The lowest BCUT2D eigenvalue weighted by Crippen LogP contribution is -2.36. The number of nitrogens with zero attached hydrogens (tertiary/aromatic N) is 1. The predicted molar refractivity (Wildman–Crippen MR) is 125 cm³/mol. The maximum Gasteiger partial charge on any atom is 0.267 e. The number of carbonyl (C=O) groups excluding carboxylic acids is 2. The first kappa shape index (κ1) is 22.0. The summed E-state index contributed by atoms with van der Waals surface area (Å²) in [4.78, 5) is 37.8. The van der Waals surface area contributed by atoms with Crippen LogP contribution >= 0.6 is 15.9 Å². The second-order valence-corrected chi connectivity index (χ2v) is 8.37. The highest BCUT2D eigenvalue weighted by Crippen LogP contribution is 2.16. The molecular formula is C24H22BrN3O4. The summed E-state index contributed by atoms with van der Waals surface area (Å²) in [6.45, 7) is 1.10. The monoisotopic (exact) mass is 495 g/mol. The summed E-state index contributed by atoms with van der Waals surface area (Å²) in [7, 11) is 0. The fraction of sp³-hybridized carbons (Fsp3) is 0.208. The lowest BCUT2D eigenvalue weighted by molar-refractivity contribution is 0.0856. The lowest BCUT2D eigenvalue weighted by atomic mass is 10.2. The molecule has 164 valence electrons. The Hall–Kier alpha value is -3.23. The summed E-state index contributed by atoms with van der Waals surface area (Å²) < 4.78 is 7.80. The van der Waals surface area contributed by atoms with E-state index in [2.05, 4.69) is 26.6 Å². The summed E-state index contributed by atoms with van der Waals surface area (Å²) in [5.41, 5.74) is 1.38. The van der Waals surface area contributed by atoms with Crippen LogP contribution in [0.1, 0.15) is 33.6 Å². The summed E-state index contributed by atoms with van der Waals surface area (Å²) >= 11 is 3.35. The second kappa shape index (κ2) is 9.93. The molecule has 0 aliphatic carbocycles. The van der Waals surface area contributed by atoms with Gasteiger partial charge in [0.25, 0.3) is 17.4 Å². The fourth-order valence-corrected chi connectivity index (χ4v) is 3.75. The fourth-order valence-electron chi connectivity index (χ4n) is 3.49. The highest BCUT2D eigenvalue weighted by Gasteiger charge is 2.18. The Bertz CT molecular complexity index is 1170. The average molecular weight is 496 g/mol. The van der Waals surface area contributed by atoms with Crippen molar-refractivity contribution in [2.45, 2.75) is 18.9 Å². The van der Waals surface area contributed by atoms with Gasteiger partial charge < -0.3 is 15.4 Å². The molecule has 32 heavy (non-hydrogen) atoms. The molecule has 0 saturated carbocycles. The molecule has 2 amide bonds. The van der Waals surface area contributed by atoms with E-state index in [0.717, 1.165) is 17.3 Å². The van der Waals surface area contributed by atoms with Crippen LogP contribution in [0, 0.1) is 0 Å². The van der Waals surface area contributed by atoms with Crippen molar-refractivity contribution in [1.29, 1.82) is 0 Å². The van der Waals surface area contributed by atoms with Gasteiger partial charge >= 0.3 is 0 Å². The number of anilines is 1. The van der Waals surface area contributed by atoms with Gasteiger partial charge in [0.15, 0.2) is 0 Å². The third-order valence-corrected chi connectivity index (χ3v) is 5.74. The topological polar surface area (TPSA) is 89.4 Å². The molecule has 1 saturated heterocycles. The molecule has 8 heteroatoms. The molecule has 0 bridgehead atoms. The minimum absolute atomic E-state index is 0.00468. The molecule has 0 radical (unpaired) electrons. The van der Waals surface area contributed by atoms with Crippen molar-refractivity contribution in [1.82, 2.24) is 9.88 Å². The third kappa shape index (κ3) is 5.15. The Morgan fingerprint density at radius 1 is 1.03 bits per heavy atom. The Kier molecular flexibility index (Phi) is 6.82. The number of aromatic nitrogens is 1. The number of nitrogens with one attached hydrogen (secondary N) is 2. The summed E-state index contributed by atoms with van der Waals surface area (Å²) in [6.07, 6.45) is 3.50. The Morgan fingerprint density at radius 3 is 2.47 bits per heavy atom. The van der Waals surface area contributed by atoms with Gasteiger partial charge in [-0.05, 0) is 73.5 Å². The van der Waals surface area contributed by atoms with Crippen LogP contribution in [0.15, 0.2) is 76.1 Å². The first-order chi connectivity index (χ1) is 15.5. The summed E-state index contributed by atoms with van der Waals surface area (Å²) in [5, 5.41) is 5.61. The van der Waals surface area contributed by atoms with Crippen LogP contribution in [0.25, 0.3) is 5.69 Å². The summed E-state index contributed by atoms with van der Waals surface area (Å²) in [6, 6.07) is 17.1. The lowest BCUT2D eigenvalue weighted by Gasteiger charge is -2.12. The minimum atomic E-state index is -0.418. The standard InChI is InChI=1S/C24H22BrN3O4/c25-17-7-5-16(6-8-17)22(29)27-18-9-11-19(12-10-18)28-13-1-4-21(24(28)31)23(30)26-15-20-3-2-14-32-20/h1,4-13,20H,2-3,14-15H2,(H,26,30)(H,27,29)/t20-/m1/s1. The van der Waals surface area contributed by atoms with Gasteiger partial charge in [-0.1, -0.05) is 15.9 Å². The van der Waals surface area contributed by atoms with Gasteiger partial charge in [0.1, 0.15) is 5.56 Å². The van der Waals surface area contributed by atoms with E-state index >= 15 is 0 Å². The molecule has 2 N–H and O–H groups in total. The number of ether oxygens (including phenoxy) is 1. The van der Waals surface area contributed by atoms with Crippen molar-refractivity contribution in [3.05, 3.63) is 92.8 Å². The molecule has 7 nitrogen and oxygen atoms in total. The van der Waals surface area contributed by atoms with Gasteiger partial charge in [-0.15, -0.1) is 0 Å². The number of amides is 2. The van der Waals surface area contributed by atoms with E-state index in [0.29, 0.717) is 30.1 Å². The highest BCUT2D eigenvalue weighted by atomic mass is 79.9. The minimum Gasteiger partial charge on any atom is -0.376 e. The van der Waals surface area contributed by atoms with Crippen molar-refractivity contribution in [2.24, 2.45) is 0 Å². The Labute approximate surface area is 193 Å². The normalized spacial score (nSPS) is 15.3. The zero-order chi connectivity index (χ0) is 22.5. The van der Waals surface area contributed by atoms with Crippen LogP contribution in [-0.2, 0) is 4.74 Å². The van der Waals surface area contributed by atoms with E-state index in [-0.39, 0.29) is 17.6 Å². The zero-order valence-electron chi connectivity index (χ0n) is 17.2. The number of benzene rings is 2. The van der Waals surface area contributed by atoms with Crippen LogP contribution in [0.4, 0.5) is 5.69 Å². The maximum atomic E-state index is 12.9. The van der Waals surface area contributed by atoms with E-state index in [1.54, 1.807) is 60.8 Å². The molecule has 0 unspecified atom stereocenters. The van der Waals surface area contributed by atoms with E-state index < -0.39 is 11.5 Å². The van der Waals surface area contributed by atoms with Crippen LogP contribution < -0.4 is 16.2 Å². The van der Waals surface area contributed by atoms with Crippen LogP contribution in [0.3, 0.4) is 0 Å². The molecule has 1 atom stereocenters. The largest absolute Gasteiger partial charge is 0.376 e. The van der Waals surface area contributed by atoms with Crippen molar-refractivity contribution in [3.63, 3.8) is 0 Å². The highest BCUT2D eigenvalue weighted by molar-refractivity contribution is 9.10. The quantitative estimate of drug-likeness (QED) is 0.544. The number of hydrogen-bond donors (Lipinski definition) is 2. The Balaban J connectivity index is 1.46. The Morgan fingerprint density at radius 2 is 1.78 bits per heavy atom. The van der Waals surface area contributed by atoms with Crippen LogP contribution in [0.5, 0.6) is 0 Å². The van der Waals surface area contributed by atoms with Crippen LogP contribution in [0.2, 0.25) is 0 Å². The molecule has 1 fully saturated rings. The van der Waals surface area contributed by atoms with E-state index in [1.807, 2.05) is 0 Å². The van der Waals surface area contributed by atoms with Gasteiger partial charge in [-0.3, -0.25) is 19.0 Å². The predicted octanol–water partition coefficient (Wildman–Crippen LogP) is 3.76. The van der Waals surface area contributed by atoms with E-state index in [9.17, 15) is 14.4 Å². The van der Waals surface area contributed by atoms with Crippen molar-refractivity contribution in [2.75, 3.05) is 18.5 Å². The number of rotatable bonds is 6. The molecular weight excluding hydrogens is 474 g/mol. The SMILES string of the molecule is O=C(Nc1ccc(-n2cccc(C(=O)NC[C@H]3CCCO3)c2=O)cc1)c1ccc(Br)cc1. The average Bonchev–Trinajstić information content (AvgIpc) is 3.32. The molecule has 2 heterocycles. The zero-order valence-corrected chi connectivity index (χ0v) is 18.8.